The maximum atomic E-state index is 12.3. The van der Waals surface area contributed by atoms with Crippen molar-refractivity contribution in [3.63, 3.8) is 0 Å². The van der Waals surface area contributed by atoms with Gasteiger partial charge in [-0.2, -0.15) is 0 Å². The minimum Gasteiger partial charge on any atom is -0.406 e. The number of carbonyl (C=O) groups excluding carboxylic acids is 1. The van der Waals surface area contributed by atoms with E-state index in [2.05, 4.69) is 25.2 Å². The molecule has 0 atom stereocenters. The quantitative estimate of drug-likeness (QED) is 0.495. The average Bonchev–Trinajstić information content (AvgIpc) is 3.14. The summed E-state index contributed by atoms with van der Waals surface area (Å²) < 4.78 is 47.4. The molecule has 0 radical (unpaired) electrons. The average molecular weight is 453 g/mol. The highest BCUT2D eigenvalue weighted by molar-refractivity contribution is 7.99. The molecule has 8 nitrogen and oxygen atoms in total. The van der Waals surface area contributed by atoms with E-state index in [4.69, 9.17) is 4.74 Å². The topological polar surface area (TPSA) is 91.2 Å². The molecule has 0 fully saturated rings. The minimum atomic E-state index is -4.77. The number of aromatic nitrogens is 4. The van der Waals surface area contributed by atoms with Crippen molar-refractivity contribution in [3.05, 3.63) is 48.8 Å². The molecule has 1 amide bonds. The molecule has 31 heavy (non-hydrogen) atoms. The Morgan fingerprint density at radius 2 is 1.84 bits per heavy atom. The van der Waals surface area contributed by atoms with Crippen molar-refractivity contribution in [1.29, 1.82) is 0 Å². The number of rotatable bonds is 9. The molecule has 2 heterocycles. The zero-order valence-electron chi connectivity index (χ0n) is 16.3. The molecule has 3 aromatic rings. The van der Waals surface area contributed by atoms with Crippen LogP contribution in [-0.2, 0) is 16.1 Å². The fourth-order valence-corrected chi connectivity index (χ4v) is 3.33. The van der Waals surface area contributed by atoms with Crippen molar-refractivity contribution >= 4 is 23.4 Å². The summed E-state index contributed by atoms with van der Waals surface area (Å²) in [5.74, 6) is -0.0546. The van der Waals surface area contributed by atoms with E-state index in [-0.39, 0.29) is 17.4 Å². The second-order valence-corrected chi connectivity index (χ2v) is 7.04. The number of anilines is 1. The summed E-state index contributed by atoms with van der Waals surface area (Å²) in [4.78, 5) is 16.3. The summed E-state index contributed by atoms with van der Waals surface area (Å²) in [6.45, 7) is 0.925. The van der Waals surface area contributed by atoms with E-state index in [9.17, 15) is 18.0 Å². The number of halogens is 3. The highest BCUT2D eigenvalue weighted by Gasteiger charge is 2.31. The third-order valence-corrected chi connectivity index (χ3v) is 4.85. The number of benzene rings is 1. The number of carbonyl (C=O) groups is 1. The Morgan fingerprint density at radius 1 is 1.13 bits per heavy atom. The number of ether oxygens (including phenoxy) is 2. The second-order valence-electron chi connectivity index (χ2n) is 6.10. The van der Waals surface area contributed by atoms with Crippen molar-refractivity contribution in [2.24, 2.45) is 0 Å². The zero-order valence-corrected chi connectivity index (χ0v) is 17.1. The lowest BCUT2D eigenvalue weighted by atomic mass is 10.2. The van der Waals surface area contributed by atoms with Crippen LogP contribution < -0.4 is 10.1 Å². The second kappa shape index (κ2) is 10.3. The number of hydrogen-bond donors (Lipinski definition) is 1. The SMILES string of the molecule is COCCn1c(SCC(=O)Nc2ccc(OC(F)(F)F)cc2)nnc1-c1ccncc1. The van der Waals surface area contributed by atoms with Gasteiger partial charge < -0.3 is 14.8 Å². The molecule has 0 bridgehead atoms. The molecule has 0 aliphatic rings. The normalized spacial score (nSPS) is 11.4. The van der Waals surface area contributed by atoms with Crippen LogP contribution >= 0.6 is 11.8 Å². The molecule has 0 unspecified atom stereocenters. The van der Waals surface area contributed by atoms with Crippen LogP contribution in [0.4, 0.5) is 18.9 Å². The smallest absolute Gasteiger partial charge is 0.406 e. The predicted molar refractivity (Wildman–Crippen MR) is 108 cm³/mol. The van der Waals surface area contributed by atoms with Gasteiger partial charge in [0.15, 0.2) is 11.0 Å². The number of thioether (sulfide) groups is 1. The van der Waals surface area contributed by atoms with Crippen molar-refractivity contribution in [1.82, 2.24) is 19.7 Å². The summed E-state index contributed by atoms with van der Waals surface area (Å²) in [5, 5.41) is 11.5. The Bertz CT molecular complexity index is 997. The fourth-order valence-electron chi connectivity index (χ4n) is 2.56. The molecule has 164 valence electrons. The molecule has 12 heteroatoms. The Labute approximate surface area is 179 Å². The van der Waals surface area contributed by atoms with E-state index in [1.54, 1.807) is 31.6 Å². The van der Waals surface area contributed by atoms with Gasteiger partial charge in [-0.25, -0.2) is 0 Å². The molecule has 0 saturated carbocycles. The van der Waals surface area contributed by atoms with Crippen LogP contribution in [-0.4, -0.2) is 51.5 Å². The van der Waals surface area contributed by atoms with Gasteiger partial charge in [-0.3, -0.25) is 14.3 Å². The highest BCUT2D eigenvalue weighted by Crippen LogP contribution is 2.25. The number of amides is 1. The van der Waals surface area contributed by atoms with Crippen molar-refractivity contribution < 1.29 is 27.4 Å². The lowest BCUT2D eigenvalue weighted by Gasteiger charge is -2.11. The number of nitrogens with one attached hydrogen (secondary N) is 1. The van der Waals surface area contributed by atoms with Gasteiger partial charge in [0.05, 0.1) is 18.9 Å². The third-order valence-electron chi connectivity index (χ3n) is 3.88. The highest BCUT2D eigenvalue weighted by atomic mass is 32.2. The van der Waals surface area contributed by atoms with Gasteiger partial charge >= 0.3 is 6.36 Å². The number of hydrogen-bond acceptors (Lipinski definition) is 7. The van der Waals surface area contributed by atoms with E-state index in [1.165, 1.54) is 23.9 Å². The van der Waals surface area contributed by atoms with Crippen LogP contribution in [0.15, 0.2) is 53.9 Å². The van der Waals surface area contributed by atoms with Gasteiger partial charge in [0.2, 0.25) is 5.91 Å². The number of methoxy groups -OCH3 is 1. The Kier molecular flexibility index (Phi) is 7.47. The zero-order chi connectivity index (χ0) is 22.3. The van der Waals surface area contributed by atoms with Gasteiger partial charge in [-0.05, 0) is 36.4 Å². The van der Waals surface area contributed by atoms with E-state index in [0.717, 1.165) is 17.7 Å². The lowest BCUT2D eigenvalue weighted by molar-refractivity contribution is -0.274. The fraction of sp³-hybridized carbons (Fsp3) is 0.263. The first-order valence-corrected chi connectivity index (χ1v) is 9.95. The number of pyridine rings is 1. The number of alkyl halides is 3. The molecular formula is C19H18F3N5O3S. The predicted octanol–water partition coefficient (Wildman–Crippen LogP) is 3.62. The van der Waals surface area contributed by atoms with E-state index >= 15 is 0 Å². The van der Waals surface area contributed by atoms with Gasteiger partial charge in [-0.15, -0.1) is 23.4 Å². The molecule has 0 saturated heterocycles. The third kappa shape index (κ3) is 6.69. The lowest BCUT2D eigenvalue weighted by Crippen LogP contribution is -2.17. The summed E-state index contributed by atoms with van der Waals surface area (Å²) in [7, 11) is 1.59. The molecule has 1 N–H and O–H groups in total. The first-order valence-electron chi connectivity index (χ1n) is 8.97. The standard InChI is InChI=1S/C19H18F3N5O3S/c1-29-11-10-27-17(13-6-8-23-9-7-13)25-26-18(27)31-12-16(28)24-14-2-4-15(5-3-14)30-19(20,21)22/h2-9H,10-12H2,1H3,(H,24,28). The van der Waals surface area contributed by atoms with Crippen LogP contribution in [0.3, 0.4) is 0 Å². The molecule has 0 aliphatic heterocycles. The van der Waals surface area contributed by atoms with Gasteiger partial charge in [0.25, 0.3) is 0 Å². The Balaban J connectivity index is 1.62. The number of nitrogens with zero attached hydrogens (tertiary/aromatic N) is 4. The minimum absolute atomic E-state index is 0.0300. The summed E-state index contributed by atoms with van der Waals surface area (Å²) in [5.41, 5.74) is 1.18. The van der Waals surface area contributed by atoms with E-state index < -0.39 is 6.36 Å². The van der Waals surface area contributed by atoms with Gasteiger partial charge in [0.1, 0.15) is 5.75 Å². The maximum absolute atomic E-state index is 12.3. The molecule has 2 aromatic heterocycles. The molecule has 0 spiro atoms. The molecule has 3 rings (SSSR count). The van der Waals surface area contributed by atoms with Crippen LogP contribution in [0.1, 0.15) is 0 Å². The summed E-state index contributed by atoms with van der Waals surface area (Å²) in [6, 6.07) is 8.51. The van der Waals surface area contributed by atoms with Crippen LogP contribution in [0, 0.1) is 0 Å². The van der Waals surface area contributed by atoms with Crippen LogP contribution in [0.25, 0.3) is 11.4 Å². The first-order chi connectivity index (χ1) is 14.9. The molecule has 1 aromatic carbocycles. The molecular weight excluding hydrogens is 435 g/mol. The Hall–Kier alpha value is -3.12. The summed E-state index contributed by atoms with van der Waals surface area (Å²) in [6.07, 6.45) is -1.47. The first kappa shape index (κ1) is 22.6. The van der Waals surface area contributed by atoms with Crippen LogP contribution in [0.2, 0.25) is 0 Å². The maximum Gasteiger partial charge on any atom is 0.573 e. The van der Waals surface area contributed by atoms with Crippen LogP contribution in [0.5, 0.6) is 5.75 Å². The van der Waals surface area contributed by atoms with Crippen molar-refractivity contribution in [3.8, 4) is 17.1 Å². The molecule has 0 aliphatic carbocycles. The van der Waals surface area contributed by atoms with Crippen molar-refractivity contribution in [2.45, 2.75) is 18.1 Å². The van der Waals surface area contributed by atoms with Gasteiger partial charge in [-0.1, -0.05) is 11.8 Å². The summed E-state index contributed by atoms with van der Waals surface area (Å²) >= 11 is 1.18. The van der Waals surface area contributed by atoms with E-state index in [0.29, 0.717) is 29.8 Å². The monoisotopic (exact) mass is 453 g/mol. The van der Waals surface area contributed by atoms with E-state index in [1.807, 2.05) is 4.57 Å². The van der Waals surface area contributed by atoms with Gasteiger partial charge in [0, 0.05) is 30.8 Å². The van der Waals surface area contributed by atoms with Crippen molar-refractivity contribution in [2.75, 3.05) is 24.8 Å². The largest absolute Gasteiger partial charge is 0.573 e. The Morgan fingerprint density at radius 3 is 2.48 bits per heavy atom.